The SMILES string of the molecule is COc1cccc(N2CCCCC2C=O)c1[N+](=O)[O-]. The van der Waals surface area contributed by atoms with E-state index in [1.54, 1.807) is 23.1 Å². The molecule has 0 aliphatic carbocycles. The van der Waals surface area contributed by atoms with Crippen molar-refractivity contribution < 1.29 is 14.5 Å². The molecule has 1 aliphatic heterocycles. The van der Waals surface area contributed by atoms with Crippen molar-refractivity contribution >= 4 is 17.7 Å². The molecule has 1 aliphatic rings. The molecule has 0 saturated carbocycles. The van der Waals surface area contributed by atoms with E-state index in [1.165, 1.54) is 7.11 Å². The number of nitro groups is 1. The van der Waals surface area contributed by atoms with Gasteiger partial charge in [0.05, 0.1) is 18.1 Å². The van der Waals surface area contributed by atoms with Gasteiger partial charge in [0.15, 0.2) is 5.75 Å². The number of methoxy groups -OCH3 is 1. The zero-order chi connectivity index (χ0) is 13.8. The van der Waals surface area contributed by atoms with Crippen LogP contribution in [0.1, 0.15) is 19.3 Å². The third kappa shape index (κ3) is 2.52. The highest BCUT2D eigenvalue weighted by atomic mass is 16.6. The lowest BCUT2D eigenvalue weighted by atomic mass is 10.0. The Hall–Kier alpha value is -2.11. The van der Waals surface area contributed by atoms with Gasteiger partial charge in [0.25, 0.3) is 0 Å². The van der Waals surface area contributed by atoms with Crippen molar-refractivity contribution in [2.75, 3.05) is 18.6 Å². The van der Waals surface area contributed by atoms with Gasteiger partial charge in [-0.2, -0.15) is 0 Å². The number of carbonyl (C=O) groups excluding carboxylic acids is 1. The molecule has 0 radical (unpaired) electrons. The van der Waals surface area contributed by atoms with Crippen molar-refractivity contribution in [2.45, 2.75) is 25.3 Å². The van der Waals surface area contributed by atoms with Crippen LogP contribution in [0.3, 0.4) is 0 Å². The Morgan fingerprint density at radius 2 is 2.26 bits per heavy atom. The maximum Gasteiger partial charge on any atom is 0.333 e. The Kier molecular flexibility index (Phi) is 3.99. The minimum absolute atomic E-state index is 0.0706. The number of piperidine rings is 1. The maximum absolute atomic E-state index is 11.2. The summed E-state index contributed by atoms with van der Waals surface area (Å²) in [5.41, 5.74) is 0.389. The monoisotopic (exact) mass is 264 g/mol. The first-order chi connectivity index (χ1) is 9.19. The van der Waals surface area contributed by atoms with Crippen molar-refractivity contribution in [1.29, 1.82) is 0 Å². The highest BCUT2D eigenvalue weighted by Crippen LogP contribution is 2.39. The van der Waals surface area contributed by atoms with Gasteiger partial charge < -0.3 is 14.4 Å². The number of rotatable bonds is 4. The van der Waals surface area contributed by atoms with Crippen molar-refractivity contribution in [3.63, 3.8) is 0 Å². The van der Waals surface area contributed by atoms with Crippen LogP contribution in [0.2, 0.25) is 0 Å². The van der Waals surface area contributed by atoms with Gasteiger partial charge in [0, 0.05) is 6.54 Å². The average Bonchev–Trinajstić information content (AvgIpc) is 2.46. The van der Waals surface area contributed by atoms with E-state index in [2.05, 4.69) is 0 Å². The van der Waals surface area contributed by atoms with Gasteiger partial charge in [0.2, 0.25) is 0 Å². The molecule has 1 heterocycles. The number of para-hydroxylation sites is 1. The first kappa shape index (κ1) is 13.3. The molecule has 1 aromatic carbocycles. The molecule has 0 N–H and O–H groups in total. The molecular weight excluding hydrogens is 248 g/mol. The summed E-state index contributed by atoms with van der Waals surface area (Å²) in [5, 5.41) is 11.2. The highest BCUT2D eigenvalue weighted by Gasteiger charge is 2.30. The van der Waals surface area contributed by atoms with Crippen molar-refractivity contribution in [3.8, 4) is 5.75 Å². The summed E-state index contributed by atoms with van der Waals surface area (Å²) >= 11 is 0. The Labute approximate surface area is 111 Å². The predicted molar refractivity (Wildman–Crippen MR) is 70.7 cm³/mol. The zero-order valence-corrected chi connectivity index (χ0v) is 10.7. The molecule has 0 bridgehead atoms. The van der Waals surface area contributed by atoms with E-state index in [0.29, 0.717) is 12.2 Å². The number of anilines is 1. The van der Waals surface area contributed by atoms with Gasteiger partial charge in [-0.25, -0.2) is 0 Å². The van der Waals surface area contributed by atoms with Gasteiger partial charge >= 0.3 is 5.69 Å². The summed E-state index contributed by atoms with van der Waals surface area (Å²) in [6, 6.07) is 4.64. The zero-order valence-electron chi connectivity index (χ0n) is 10.7. The minimum Gasteiger partial charge on any atom is -0.490 e. The summed E-state index contributed by atoms with van der Waals surface area (Å²) in [7, 11) is 1.40. The molecule has 1 atom stereocenters. The fourth-order valence-electron chi connectivity index (χ4n) is 2.49. The number of benzene rings is 1. The maximum atomic E-state index is 11.2. The lowest BCUT2D eigenvalue weighted by molar-refractivity contribution is -0.385. The summed E-state index contributed by atoms with van der Waals surface area (Å²) in [6.07, 6.45) is 3.50. The molecule has 2 rings (SSSR count). The van der Waals surface area contributed by atoms with Crippen molar-refractivity contribution in [1.82, 2.24) is 0 Å². The first-order valence-corrected chi connectivity index (χ1v) is 6.22. The molecule has 0 amide bonds. The van der Waals surface area contributed by atoms with Gasteiger partial charge in [0.1, 0.15) is 12.0 Å². The van der Waals surface area contributed by atoms with Gasteiger partial charge in [-0.1, -0.05) is 6.07 Å². The third-order valence-corrected chi connectivity index (χ3v) is 3.40. The fraction of sp³-hybridized carbons (Fsp3) is 0.462. The normalized spacial score (nSPS) is 19.0. The second-order valence-electron chi connectivity index (χ2n) is 4.48. The van der Waals surface area contributed by atoms with E-state index in [-0.39, 0.29) is 17.5 Å². The summed E-state index contributed by atoms with van der Waals surface area (Å²) in [5.74, 6) is 0.220. The van der Waals surface area contributed by atoms with E-state index in [4.69, 9.17) is 4.74 Å². The quantitative estimate of drug-likeness (QED) is 0.473. The fourth-order valence-corrected chi connectivity index (χ4v) is 2.49. The van der Waals surface area contributed by atoms with Crippen LogP contribution >= 0.6 is 0 Å². The summed E-state index contributed by atoms with van der Waals surface area (Å²) in [6.45, 7) is 0.650. The van der Waals surface area contributed by atoms with Crippen LogP contribution in [0.25, 0.3) is 0 Å². The molecule has 1 unspecified atom stereocenters. The second kappa shape index (κ2) is 5.69. The van der Waals surface area contributed by atoms with Gasteiger partial charge in [-0.15, -0.1) is 0 Å². The van der Waals surface area contributed by atoms with E-state index in [0.717, 1.165) is 25.5 Å². The smallest absolute Gasteiger partial charge is 0.333 e. The van der Waals surface area contributed by atoms with Crippen LogP contribution in [0.5, 0.6) is 5.75 Å². The molecule has 6 nitrogen and oxygen atoms in total. The van der Waals surface area contributed by atoms with Crippen LogP contribution in [-0.4, -0.2) is 30.9 Å². The predicted octanol–water partition coefficient (Wildman–Crippen LogP) is 2.16. The number of aldehydes is 1. The molecular formula is C13H16N2O4. The van der Waals surface area contributed by atoms with Crippen LogP contribution in [0, 0.1) is 10.1 Å². The number of nitrogens with zero attached hydrogens (tertiary/aromatic N) is 2. The Morgan fingerprint density at radius 1 is 1.47 bits per heavy atom. The van der Waals surface area contributed by atoms with Crippen LogP contribution in [0.4, 0.5) is 11.4 Å². The second-order valence-corrected chi connectivity index (χ2v) is 4.48. The Bertz CT molecular complexity index is 490. The number of ether oxygens (including phenoxy) is 1. The Balaban J connectivity index is 2.48. The summed E-state index contributed by atoms with van der Waals surface area (Å²) in [4.78, 5) is 23.7. The number of hydrogen-bond donors (Lipinski definition) is 0. The highest BCUT2D eigenvalue weighted by molar-refractivity contribution is 5.75. The topological polar surface area (TPSA) is 72.7 Å². The number of hydrogen-bond acceptors (Lipinski definition) is 5. The summed E-state index contributed by atoms with van der Waals surface area (Å²) < 4.78 is 5.05. The van der Waals surface area contributed by atoms with Crippen molar-refractivity contribution in [2.24, 2.45) is 0 Å². The van der Waals surface area contributed by atoms with Crippen LogP contribution < -0.4 is 9.64 Å². The number of nitro benzene ring substituents is 1. The van der Waals surface area contributed by atoms with Gasteiger partial charge in [-0.05, 0) is 31.4 Å². The van der Waals surface area contributed by atoms with E-state index >= 15 is 0 Å². The molecule has 6 heteroatoms. The Morgan fingerprint density at radius 3 is 2.89 bits per heavy atom. The lowest BCUT2D eigenvalue weighted by Gasteiger charge is -2.33. The molecule has 1 aromatic rings. The van der Waals surface area contributed by atoms with Crippen LogP contribution in [0.15, 0.2) is 18.2 Å². The number of carbonyl (C=O) groups is 1. The minimum atomic E-state index is -0.454. The lowest BCUT2D eigenvalue weighted by Crippen LogP contribution is -2.40. The van der Waals surface area contributed by atoms with E-state index in [9.17, 15) is 14.9 Å². The van der Waals surface area contributed by atoms with Crippen LogP contribution in [-0.2, 0) is 4.79 Å². The average molecular weight is 264 g/mol. The molecule has 0 spiro atoms. The molecule has 102 valence electrons. The first-order valence-electron chi connectivity index (χ1n) is 6.22. The molecule has 1 saturated heterocycles. The molecule has 1 fully saturated rings. The largest absolute Gasteiger partial charge is 0.490 e. The molecule has 0 aromatic heterocycles. The van der Waals surface area contributed by atoms with Crippen molar-refractivity contribution in [3.05, 3.63) is 28.3 Å². The third-order valence-electron chi connectivity index (χ3n) is 3.40. The van der Waals surface area contributed by atoms with E-state index < -0.39 is 4.92 Å². The van der Waals surface area contributed by atoms with Gasteiger partial charge in [-0.3, -0.25) is 10.1 Å². The standard InChI is InChI=1S/C13H16N2O4/c1-19-12-7-4-6-11(13(12)15(17)18)14-8-3-2-5-10(14)9-16/h4,6-7,9-10H,2-3,5,8H2,1H3. The van der Waals surface area contributed by atoms with E-state index in [1.807, 2.05) is 0 Å². The molecule has 19 heavy (non-hydrogen) atoms.